The molecule has 3 heteroatoms. The molecular formula is C14H20FNO. The van der Waals surface area contributed by atoms with Gasteiger partial charge in [0.15, 0.2) is 0 Å². The van der Waals surface area contributed by atoms with Crippen LogP contribution in [0.5, 0.6) is 5.75 Å². The Kier molecular flexibility index (Phi) is 3.67. The predicted octanol–water partition coefficient (Wildman–Crippen LogP) is 3.07. The number of methoxy groups -OCH3 is 1. The standard InChI is InChI=1S/C14H20FNO/c1-9-7-10(2)13(12(8-9)17-3)14(15)11-5-4-6-16-11/h7-8,11,14,16H,4-6H2,1-3H3. The number of halogens is 1. The summed E-state index contributed by atoms with van der Waals surface area (Å²) in [5.41, 5.74) is 2.79. The number of nitrogens with one attached hydrogen (secondary N) is 1. The molecule has 0 aliphatic carbocycles. The molecule has 0 saturated carbocycles. The van der Waals surface area contributed by atoms with E-state index in [1.54, 1.807) is 7.11 Å². The Hall–Kier alpha value is -1.09. The van der Waals surface area contributed by atoms with Crippen molar-refractivity contribution in [3.63, 3.8) is 0 Å². The molecule has 0 radical (unpaired) electrons. The fourth-order valence-corrected chi connectivity index (χ4v) is 2.62. The summed E-state index contributed by atoms with van der Waals surface area (Å²) in [5, 5.41) is 3.22. The van der Waals surface area contributed by atoms with Gasteiger partial charge in [-0.05, 0) is 50.4 Å². The highest BCUT2D eigenvalue weighted by molar-refractivity contribution is 5.45. The van der Waals surface area contributed by atoms with Gasteiger partial charge < -0.3 is 10.1 Å². The minimum absolute atomic E-state index is 0.0645. The van der Waals surface area contributed by atoms with Crippen LogP contribution < -0.4 is 10.1 Å². The van der Waals surface area contributed by atoms with Crippen molar-refractivity contribution in [1.82, 2.24) is 5.32 Å². The second-order valence-corrected chi connectivity index (χ2v) is 4.80. The molecule has 2 unspecified atom stereocenters. The Morgan fingerprint density at radius 1 is 1.41 bits per heavy atom. The summed E-state index contributed by atoms with van der Waals surface area (Å²) in [6, 6.07) is 3.86. The van der Waals surface area contributed by atoms with Crippen molar-refractivity contribution in [2.45, 2.75) is 38.9 Å². The summed E-state index contributed by atoms with van der Waals surface area (Å²) in [5.74, 6) is 0.670. The van der Waals surface area contributed by atoms with E-state index < -0.39 is 6.17 Å². The van der Waals surface area contributed by atoms with E-state index in [9.17, 15) is 4.39 Å². The molecule has 2 nitrogen and oxygen atoms in total. The van der Waals surface area contributed by atoms with Crippen LogP contribution in [0.3, 0.4) is 0 Å². The molecular weight excluding hydrogens is 217 g/mol. The van der Waals surface area contributed by atoms with Crippen molar-refractivity contribution in [3.05, 3.63) is 28.8 Å². The van der Waals surface area contributed by atoms with Crippen molar-refractivity contribution >= 4 is 0 Å². The molecule has 1 N–H and O–H groups in total. The largest absolute Gasteiger partial charge is 0.496 e. The Morgan fingerprint density at radius 2 is 2.18 bits per heavy atom. The molecule has 1 fully saturated rings. The Balaban J connectivity index is 2.35. The van der Waals surface area contributed by atoms with E-state index in [2.05, 4.69) is 5.32 Å². The minimum Gasteiger partial charge on any atom is -0.496 e. The maximum absolute atomic E-state index is 14.5. The number of aryl methyl sites for hydroxylation is 2. The first-order valence-electron chi connectivity index (χ1n) is 6.16. The van der Waals surface area contributed by atoms with Gasteiger partial charge in [0.1, 0.15) is 11.9 Å². The number of hydrogen-bond acceptors (Lipinski definition) is 2. The van der Waals surface area contributed by atoms with E-state index in [0.717, 1.165) is 30.5 Å². The van der Waals surface area contributed by atoms with E-state index in [0.29, 0.717) is 11.3 Å². The zero-order valence-electron chi connectivity index (χ0n) is 10.7. The van der Waals surface area contributed by atoms with Crippen LogP contribution in [0.2, 0.25) is 0 Å². The quantitative estimate of drug-likeness (QED) is 0.872. The summed E-state index contributed by atoms with van der Waals surface area (Å²) in [6.07, 6.45) is 0.976. The first-order chi connectivity index (χ1) is 8.13. The number of ether oxygens (including phenoxy) is 1. The van der Waals surface area contributed by atoms with E-state index in [1.165, 1.54) is 0 Å². The predicted molar refractivity (Wildman–Crippen MR) is 67.3 cm³/mol. The summed E-state index contributed by atoms with van der Waals surface area (Å²) in [7, 11) is 1.60. The first-order valence-corrected chi connectivity index (χ1v) is 6.16. The van der Waals surface area contributed by atoms with Crippen molar-refractivity contribution in [2.75, 3.05) is 13.7 Å². The zero-order valence-corrected chi connectivity index (χ0v) is 10.7. The Labute approximate surface area is 102 Å². The van der Waals surface area contributed by atoms with Gasteiger partial charge in [-0.2, -0.15) is 0 Å². The lowest BCUT2D eigenvalue weighted by molar-refractivity contribution is 0.261. The number of rotatable bonds is 3. The maximum atomic E-state index is 14.5. The highest BCUT2D eigenvalue weighted by atomic mass is 19.1. The molecule has 1 aliphatic rings. The normalized spacial score (nSPS) is 21.5. The number of benzene rings is 1. The summed E-state index contributed by atoms with van der Waals surface area (Å²) >= 11 is 0. The molecule has 1 saturated heterocycles. The van der Waals surface area contributed by atoms with Crippen LogP contribution >= 0.6 is 0 Å². The third kappa shape index (κ3) is 2.44. The van der Waals surface area contributed by atoms with Crippen LogP contribution in [0, 0.1) is 13.8 Å². The Morgan fingerprint density at radius 3 is 2.76 bits per heavy atom. The van der Waals surface area contributed by atoms with Crippen LogP contribution in [-0.4, -0.2) is 19.7 Å². The lowest BCUT2D eigenvalue weighted by Gasteiger charge is -2.21. The molecule has 1 heterocycles. The molecule has 1 aliphatic heterocycles. The van der Waals surface area contributed by atoms with Gasteiger partial charge in [-0.3, -0.25) is 0 Å². The van der Waals surface area contributed by atoms with E-state index in [-0.39, 0.29) is 6.04 Å². The third-order valence-electron chi connectivity index (χ3n) is 3.44. The maximum Gasteiger partial charge on any atom is 0.144 e. The van der Waals surface area contributed by atoms with Crippen molar-refractivity contribution < 1.29 is 9.13 Å². The van der Waals surface area contributed by atoms with Gasteiger partial charge in [-0.25, -0.2) is 4.39 Å². The Bertz CT molecular complexity index is 399. The first kappa shape index (κ1) is 12.4. The highest BCUT2D eigenvalue weighted by Crippen LogP contribution is 2.36. The molecule has 0 aromatic heterocycles. The number of hydrogen-bond donors (Lipinski definition) is 1. The molecule has 94 valence electrons. The van der Waals surface area contributed by atoms with Gasteiger partial charge >= 0.3 is 0 Å². The topological polar surface area (TPSA) is 21.3 Å². The summed E-state index contributed by atoms with van der Waals surface area (Å²) in [4.78, 5) is 0. The lowest BCUT2D eigenvalue weighted by atomic mass is 9.95. The van der Waals surface area contributed by atoms with E-state index in [1.807, 2.05) is 26.0 Å². The minimum atomic E-state index is -0.979. The average Bonchev–Trinajstić information content (AvgIpc) is 2.80. The van der Waals surface area contributed by atoms with Gasteiger partial charge in [-0.1, -0.05) is 6.07 Å². The van der Waals surface area contributed by atoms with Crippen molar-refractivity contribution in [1.29, 1.82) is 0 Å². The second kappa shape index (κ2) is 5.05. The van der Waals surface area contributed by atoms with Gasteiger partial charge in [-0.15, -0.1) is 0 Å². The molecule has 1 aromatic rings. The van der Waals surface area contributed by atoms with Crippen LogP contribution in [0.15, 0.2) is 12.1 Å². The number of alkyl halides is 1. The molecule has 2 rings (SSSR count). The monoisotopic (exact) mass is 237 g/mol. The van der Waals surface area contributed by atoms with Crippen molar-refractivity contribution in [3.8, 4) is 5.75 Å². The highest BCUT2D eigenvalue weighted by Gasteiger charge is 2.29. The van der Waals surface area contributed by atoms with Gasteiger partial charge in [0.25, 0.3) is 0 Å². The van der Waals surface area contributed by atoms with Crippen LogP contribution in [-0.2, 0) is 0 Å². The summed E-state index contributed by atoms with van der Waals surface area (Å²) in [6.45, 7) is 4.87. The molecule has 2 atom stereocenters. The van der Waals surface area contributed by atoms with Gasteiger partial charge in [0.05, 0.1) is 7.11 Å². The fourth-order valence-electron chi connectivity index (χ4n) is 2.62. The van der Waals surface area contributed by atoms with Crippen molar-refractivity contribution in [2.24, 2.45) is 0 Å². The molecule has 17 heavy (non-hydrogen) atoms. The summed E-state index contributed by atoms with van der Waals surface area (Å²) < 4.78 is 19.9. The smallest absolute Gasteiger partial charge is 0.144 e. The average molecular weight is 237 g/mol. The molecule has 0 bridgehead atoms. The zero-order chi connectivity index (χ0) is 12.4. The molecule has 1 aromatic carbocycles. The van der Waals surface area contributed by atoms with Crippen LogP contribution in [0.25, 0.3) is 0 Å². The SMILES string of the molecule is COc1cc(C)cc(C)c1C(F)C1CCCN1. The van der Waals surface area contributed by atoms with Gasteiger partial charge in [0, 0.05) is 11.6 Å². The lowest BCUT2D eigenvalue weighted by Crippen LogP contribution is -2.27. The van der Waals surface area contributed by atoms with E-state index >= 15 is 0 Å². The molecule has 0 spiro atoms. The van der Waals surface area contributed by atoms with Crippen LogP contribution in [0.4, 0.5) is 4.39 Å². The third-order valence-corrected chi connectivity index (χ3v) is 3.44. The van der Waals surface area contributed by atoms with Gasteiger partial charge in [0.2, 0.25) is 0 Å². The fraction of sp³-hybridized carbons (Fsp3) is 0.571. The second-order valence-electron chi connectivity index (χ2n) is 4.80. The molecule has 0 amide bonds. The van der Waals surface area contributed by atoms with Crippen LogP contribution in [0.1, 0.15) is 35.7 Å². The van der Waals surface area contributed by atoms with E-state index in [4.69, 9.17) is 4.74 Å².